The molecule has 0 bridgehead atoms. The number of aliphatic imine (C=N–C) groups is 1. The first kappa shape index (κ1) is 21.2. The van der Waals surface area contributed by atoms with E-state index in [0.29, 0.717) is 0 Å². The summed E-state index contributed by atoms with van der Waals surface area (Å²) in [6.45, 7) is 10.0. The van der Waals surface area contributed by atoms with Crippen molar-refractivity contribution in [1.82, 2.24) is 10.2 Å². The van der Waals surface area contributed by atoms with Crippen molar-refractivity contribution in [3.63, 3.8) is 0 Å². The summed E-state index contributed by atoms with van der Waals surface area (Å²) >= 11 is 0. The Balaban J connectivity index is 2.88. The molecule has 0 aliphatic carbocycles. The van der Waals surface area contributed by atoms with E-state index in [1.165, 1.54) is 4.90 Å². The number of primary sulfonamides is 1. The summed E-state index contributed by atoms with van der Waals surface area (Å²) in [6, 6.07) is 0. The van der Waals surface area contributed by atoms with Crippen LogP contribution in [-0.4, -0.2) is 61.0 Å². The summed E-state index contributed by atoms with van der Waals surface area (Å²) < 4.78 is 32.8. The molecule has 1 heterocycles. The van der Waals surface area contributed by atoms with Crippen LogP contribution in [0.4, 0.5) is 9.59 Å². The fourth-order valence-corrected chi connectivity index (χ4v) is 2.54. The molecule has 0 unspecified atom stereocenters. The third-order valence-electron chi connectivity index (χ3n) is 2.82. The SMILES string of the molecule is CC(C)(C)OC(=O)/N=C(/NC(=O)OC(C)(C)C)N1CC(S(N)(=O)=O)C1. The highest BCUT2D eigenvalue weighted by Gasteiger charge is 2.38. The monoisotopic (exact) mass is 378 g/mol. The lowest BCUT2D eigenvalue weighted by Crippen LogP contribution is -2.62. The van der Waals surface area contributed by atoms with Crippen LogP contribution in [0.15, 0.2) is 4.99 Å². The number of nitrogens with zero attached hydrogens (tertiary/aromatic N) is 2. The highest BCUT2D eigenvalue weighted by molar-refractivity contribution is 7.89. The van der Waals surface area contributed by atoms with Gasteiger partial charge in [-0.15, -0.1) is 4.99 Å². The minimum absolute atomic E-state index is 0.00371. The molecule has 1 aliphatic heterocycles. The number of amides is 2. The Hall–Kier alpha value is -1.88. The van der Waals surface area contributed by atoms with E-state index in [2.05, 4.69) is 10.3 Å². The zero-order chi connectivity index (χ0) is 19.6. The van der Waals surface area contributed by atoms with Crippen molar-refractivity contribution in [2.75, 3.05) is 13.1 Å². The molecule has 3 N–H and O–H groups in total. The smallest absolute Gasteiger partial charge is 0.437 e. The number of guanidine groups is 1. The number of sulfonamides is 1. The maximum atomic E-state index is 11.9. The van der Waals surface area contributed by atoms with Crippen molar-refractivity contribution in [1.29, 1.82) is 0 Å². The predicted octanol–water partition coefficient (Wildman–Crippen LogP) is 0.775. The molecule has 0 atom stereocenters. The lowest BCUT2D eigenvalue weighted by atomic mass is 10.2. The molecule has 10 nitrogen and oxygen atoms in total. The Morgan fingerprint density at radius 2 is 1.56 bits per heavy atom. The highest BCUT2D eigenvalue weighted by Crippen LogP contribution is 2.16. The van der Waals surface area contributed by atoms with E-state index in [1.54, 1.807) is 41.5 Å². The molecule has 25 heavy (non-hydrogen) atoms. The third kappa shape index (κ3) is 7.69. The van der Waals surface area contributed by atoms with Gasteiger partial charge in [-0.05, 0) is 41.5 Å². The van der Waals surface area contributed by atoms with Crippen LogP contribution in [0, 0.1) is 0 Å². The maximum Gasteiger partial charge on any atom is 0.437 e. The molecular weight excluding hydrogens is 352 g/mol. The fraction of sp³-hybridized carbons (Fsp3) is 0.786. The Kier molecular flexibility index (Phi) is 6.06. The molecular formula is C14H26N4O6S. The van der Waals surface area contributed by atoms with Crippen molar-refractivity contribution in [2.45, 2.75) is 58.0 Å². The second-order valence-electron chi connectivity index (χ2n) is 7.66. The standard InChI is InChI=1S/C14H26N4O6S/c1-13(2,3)23-11(19)16-10(17-12(20)24-14(4,5)6)18-7-9(8-18)25(15,21)22/h9H,7-8H2,1-6H3,(H2,15,21,22)(H,16,17,19,20). The van der Waals surface area contributed by atoms with Crippen LogP contribution < -0.4 is 10.5 Å². The van der Waals surface area contributed by atoms with Crippen LogP contribution in [-0.2, 0) is 19.5 Å². The Bertz CT molecular complexity index is 654. The van der Waals surface area contributed by atoms with Crippen molar-refractivity contribution in [3.05, 3.63) is 0 Å². The van der Waals surface area contributed by atoms with Crippen LogP contribution in [0.25, 0.3) is 0 Å². The van der Waals surface area contributed by atoms with Gasteiger partial charge in [0.2, 0.25) is 16.0 Å². The molecule has 1 saturated heterocycles. The summed E-state index contributed by atoms with van der Waals surface area (Å²) in [4.78, 5) is 28.9. The molecule has 1 aliphatic rings. The zero-order valence-corrected chi connectivity index (χ0v) is 16.1. The van der Waals surface area contributed by atoms with Gasteiger partial charge in [0.25, 0.3) is 0 Å². The van der Waals surface area contributed by atoms with Crippen LogP contribution >= 0.6 is 0 Å². The second kappa shape index (κ2) is 7.16. The summed E-state index contributed by atoms with van der Waals surface area (Å²) in [5, 5.41) is 6.62. The number of carbonyl (C=O) groups excluding carboxylic acids is 2. The largest absolute Gasteiger partial charge is 0.444 e. The van der Waals surface area contributed by atoms with Gasteiger partial charge < -0.3 is 14.4 Å². The minimum atomic E-state index is -3.70. The Labute approximate surface area is 147 Å². The van der Waals surface area contributed by atoms with Gasteiger partial charge in [0.1, 0.15) is 16.5 Å². The first-order valence-electron chi connectivity index (χ1n) is 7.65. The van der Waals surface area contributed by atoms with Crippen molar-refractivity contribution in [2.24, 2.45) is 10.1 Å². The number of nitrogens with two attached hydrogens (primary N) is 1. The Morgan fingerprint density at radius 3 is 1.96 bits per heavy atom. The summed E-state index contributed by atoms with van der Waals surface area (Å²) in [6.07, 6.45) is -1.74. The lowest BCUT2D eigenvalue weighted by Gasteiger charge is -2.39. The van der Waals surface area contributed by atoms with Crippen molar-refractivity contribution in [3.8, 4) is 0 Å². The number of nitrogens with one attached hydrogen (secondary N) is 1. The van der Waals surface area contributed by atoms with Gasteiger partial charge in [-0.3, -0.25) is 5.32 Å². The molecule has 0 aromatic rings. The van der Waals surface area contributed by atoms with Gasteiger partial charge in [-0.2, -0.15) is 0 Å². The van der Waals surface area contributed by atoms with Gasteiger partial charge in [0, 0.05) is 13.1 Å². The van der Waals surface area contributed by atoms with Crippen LogP contribution in [0.3, 0.4) is 0 Å². The van der Waals surface area contributed by atoms with Gasteiger partial charge in [0.15, 0.2) is 0 Å². The molecule has 0 spiro atoms. The van der Waals surface area contributed by atoms with E-state index in [4.69, 9.17) is 14.6 Å². The Morgan fingerprint density at radius 1 is 1.08 bits per heavy atom. The third-order valence-corrected chi connectivity index (χ3v) is 4.04. The average molecular weight is 378 g/mol. The van der Waals surface area contributed by atoms with Gasteiger partial charge in [-0.25, -0.2) is 23.1 Å². The number of hydrogen-bond donors (Lipinski definition) is 2. The molecule has 0 aromatic heterocycles. The van der Waals surface area contributed by atoms with E-state index in [1.807, 2.05) is 0 Å². The molecule has 11 heteroatoms. The second-order valence-corrected chi connectivity index (χ2v) is 9.50. The number of ether oxygens (including phenoxy) is 2. The molecule has 2 amide bonds. The van der Waals surface area contributed by atoms with Crippen molar-refractivity contribution >= 4 is 28.2 Å². The fourth-order valence-electron chi connectivity index (χ4n) is 1.76. The van der Waals surface area contributed by atoms with E-state index in [9.17, 15) is 18.0 Å². The quantitative estimate of drug-likeness (QED) is 0.507. The molecule has 1 rings (SSSR count). The number of carbonyl (C=O) groups is 2. The minimum Gasteiger partial charge on any atom is -0.444 e. The van der Waals surface area contributed by atoms with Crippen LogP contribution in [0.2, 0.25) is 0 Å². The lowest BCUT2D eigenvalue weighted by molar-refractivity contribution is 0.0551. The van der Waals surface area contributed by atoms with E-state index in [0.717, 1.165) is 0 Å². The van der Waals surface area contributed by atoms with E-state index < -0.39 is 38.7 Å². The molecule has 0 saturated carbocycles. The first-order chi connectivity index (χ1) is 11.1. The first-order valence-corrected chi connectivity index (χ1v) is 9.26. The maximum absolute atomic E-state index is 11.9. The number of rotatable bonds is 1. The van der Waals surface area contributed by atoms with Gasteiger partial charge in [-0.1, -0.05) is 0 Å². The molecule has 144 valence electrons. The van der Waals surface area contributed by atoms with Crippen LogP contribution in [0.1, 0.15) is 41.5 Å². The van der Waals surface area contributed by atoms with Crippen molar-refractivity contribution < 1.29 is 27.5 Å². The summed E-state index contributed by atoms with van der Waals surface area (Å²) in [5.41, 5.74) is -1.52. The zero-order valence-electron chi connectivity index (χ0n) is 15.3. The average Bonchev–Trinajstić information content (AvgIpc) is 2.17. The van der Waals surface area contributed by atoms with Gasteiger partial charge >= 0.3 is 12.2 Å². The normalized spacial score (nSPS) is 16.9. The van der Waals surface area contributed by atoms with E-state index in [-0.39, 0.29) is 19.0 Å². The summed E-state index contributed by atoms with van der Waals surface area (Å²) in [7, 11) is -3.70. The number of alkyl carbamates (subject to hydrolysis) is 1. The molecule has 0 aromatic carbocycles. The number of likely N-dealkylation sites (tertiary alicyclic amines) is 1. The predicted molar refractivity (Wildman–Crippen MR) is 91.5 cm³/mol. The summed E-state index contributed by atoms with van der Waals surface area (Å²) in [5.74, 6) is -0.150. The topological polar surface area (TPSA) is 140 Å². The molecule has 1 fully saturated rings. The van der Waals surface area contributed by atoms with Crippen LogP contribution in [0.5, 0.6) is 0 Å². The van der Waals surface area contributed by atoms with E-state index >= 15 is 0 Å². The van der Waals surface area contributed by atoms with Gasteiger partial charge in [0.05, 0.1) is 0 Å². The molecule has 0 radical (unpaired) electrons. The number of hydrogen-bond acceptors (Lipinski definition) is 6. The highest BCUT2D eigenvalue weighted by atomic mass is 32.2.